The lowest BCUT2D eigenvalue weighted by atomic mass is 10.3. The average Bonchev–Trinajstić information content (AvgIpc) is 3.06. The van der Waals surface area contributed by atoms with E-state index in [-0.39, 0.29) is 5.91 Å². The number of amides is 1. The van der Waals surface area contributed by atoms with E-state index in [1.165, 1.54) is 18.4 Å². The largest absolute Gasteiger partial charge is 0.448 e. The molecule has 2 aromatic rings. The van der Waals surface area contributed by atoms with Crippen LogP contribution in [0, 0.1) is 0 Å². The van der Waals surface area contributed by atoms with Crippen molar-refractivity contribution in [3.8, 4) is 5.69 Å². The van der Waals surface area contributed by atoms with Gasteiger partial charge in [-0.1, -0.05) is 0 Å². The maximum Gasteiger partial charge on any atom is 0.351 e. The van der Waals surface area contributed by atoms with Crippen LogP contribution in [0.5, 0.6) is 0 Å². The molecule has 0 aliphatic rings. The number of carbonyl (C=O) groups is 2. The Morgan fingerprint density at radius 2 is 2.05 bits per heavy atom. The summed E-state index contributed by atoms with van der Waals surface area (Å²) in [6.07, 6.45) is 2.89. The summed E-state index contributed by atoms with van der Waals surface area (Å²) in [5.41, 5.74) is 0.754. The van der Waals surface area contributed by atoms with Crippen LogP contribution in [0.1, 0.15) is 16.6 Å². The SMILES string of the molecule is CNC(=O)[C@H](C)OC(=O)c1sccc1-n1cccc1. The lowest BCUT2D eigenvalue weighted by molar-refractivity contribution is -0.128. The van der Waals surface area contributed by atoms with Crippen molar-refractivity contribution in [3.05, 3.63) is 40.8 Å². The van der Waals surface area contributed by atoms with Gasteiger partial charge in [0.05, 0.1) is 5.69 Å². The zero-order valence-electron chi connectivity index (χ0n) is 10.6. The van der Waals surface area contributed by atoms with Crippen molar-refractivity contribution >= 4 is 23.2 Å². The Kier molecular flexibility index (Phi) is 4.01. The topological polar surface area (TPSA) is 60.3 Å². The molecule has 0 bridgehead atoms. The molecule has 1 N–H and O–H groups in total. The first-order valence-corrected chi connectivity index (χ1v) is 6.65. The molecule has 1 atom stereocenters. The summed E-state index contributed by atoms with van der Waals surface area (Å²) >= 11 is 1.29. The highest BCUT2D eigenvalue weighted by molar-refractivity contribution is 7.12. The quantitative estimate of drug-likeness (QED) is 0.868. The van der Waals surface area contributed by atoms with Gasteiger partial charge in [-0.15, -0.1) is 11.3 Å². The Hall–Kier alpha value is -2.08. The molecule has 0 spiro atoms. The van der Waals surface area contributed by atoms with Gasteiger partial charge in [-0.2, -0.15) is 0 Å². The summed E-state index contributed by atoms with van der Waals surface area (Å²) in [6, 6.07) is 5.59. The minimum absolute atomic E-state index is 0.326. The van der Waals surface area contributed by atoms with Crippen LogP contribution in [0.25, 0.3) is 5.69 Å². The van der Waals surface area contributed by atoms with E-state index in [0.717, 1.165) is 5.69 Å². The van der Waals surface area contributed by atoms with E-state index in [0.29, 0.717) is 4.88 Å². The number of nitrogens with zero attached hydrogens (tertiary/aromatic N) is 1. The standard InChI is InChI=1S/C13H14N2O3S/c1-9(12(16)14-2)18-13(17)11-10(5-8-19-11)15-6-3-4-7-15/h3-9H,1-2H3,(H,14,16)/t9-/m0/s1. The molecule has 2 aromatic heterocycles. The van der Waals surface area contributed by atoms with Crippen LogP contribution in [-0.2, 0) is 9.53 Å². The van der Waals surface area contributed by atoms with Crippen molar-refractivity contribution < 1.29 is 14.3 Å². The summed E-state index contributed by atoms with van der Waals surface area (Å²) in [7, 11) is 1.50. The highest BCUT2D eigenvalue weighted by Gasteiger charge is 2.21. The number of aromatic nitrogens is 1. The fourth-order valence-electron chi connectivity index (χ4n) is 1.62. The molecule has 0 saturated carbocycles. The molecule has 0 unspecified atom stereocenters. The van der Waals surface area contributed by atoms with Gasteiger partial charge >= 0.3 is 5.97 Å². The van der Waals surface area contributed by atoms with E-state index in [1.807, 2.05) is 40.5 Å². The zero-order chi connectivity index (χ0) is 13.8. The van der Waals surface area contributed by atoms with E-state index in [9.17, 15) is 9.59 Å². The van der Waals surface area contributed by atoms with Gasteiger partial charge in [-0.05, 0) is 30.5 Å². The second-order valence-corrected chi connectivity index (χ2v) is 4.80. The van der Waals surface area contributed by atoms with Crippen LogP contribution >= 0.6 is 11.3 Å². The van der Waals surface area contributed by atoms with Gasteiger partial charge in [0, 0.05) is 19.4 Å². The van der Waals surface area contributed by atoms with Crippen molar-refractivity contribution in [3.63, 3.8) is 0 Å². The number of thiophene rings is 1. The minimum Gasteiger partial charge on any atom is -0.448 e. The first-order valence-electron chi connectivity index (χ1n) is 5.77. The molecule has 2 heterocycles. The molecule has 1 amide bonds. The third-order valence-electron chi connectivity index (χ3n) is 2.61. The number of rotatable bonds is 4. The van der Waals surface area contributed by atoms with E-state index in [2.05, 4.69) is 5.32 Å². The van der Waals surface area contributed by atoms with Gasteiger partial charge in [0.15, 0.2) is 6.10 Å². The third kappa shape index (κ3) is 2.85. The molecule has 0 aromatic carbocycles. The Morgan fingerprint density at radius 3 is 2.68 bits per heavy atom. The normalized spacial score (nSPS) is 11.9. The highest BCUT2D eigenvalue weighted by atomic mass is 32.1. The van der Waals surface area contributed by atoms with Gasteiger partial charge in [0.2, 0.25) is 0 Å². The smallest absolute Gasteiger partial charge is 0.351 e. The molecule has 0 aliphatic heterocycles. The van der Waals surface area contributed by atoms with Crippen LogP contribution in [0.3, 0.4) is 0 Å². The van der Waals surface area contributed by atoms with Crippen LogP contribution in [0.2, 0.25) is 0 Å². The predicted molar refractivity (Wildman–Crippen MR) is 72.6 cm³/mol. The lowest BCUT2D eigenvalue weighted by Gasteiger charge is -2.11. The summed E-state index contributed by atoms with van der Waals surface area (Å²) in [5, 5.41) is 4.26. The molecule has 19 heavy (non-hydrogen) atoms. The summed E-state index contributed by atoms with van der Waals surface area (Å²) in [4.78, 5) is 23.9. The van der Waals surface area contributed by atoms with Gasteiger partial charge in [-0.25, -0.2) is 4.79 Å². The summed E-state index contributed by atoms with van der Waals surface area (Å²) in [5.74, 6) is -0.817. The number of esters is 1. The monoisotopic (exact) mass is 278 g/mol. The maximum absolute atomic E-state index is 12.0. The number of ether oxygens (including phenoxy) is 1. The molecule has 2 rings (SSSR count). The highest BCUT2D eigenvalue weighted by Crippen LogP contribution is 2.22. The van der Waals surface area contributed by atoms with Crippen molar-refractivity contribution in [1.29, 1.82) is 0 Å². The first-order chi connectivity index (χ1) is 9.13. The Labute approximate surface area is 114 Å². The Morgan fingerprint density at radius 1 is 1.37 bits per heavy atom. The third-order valence-corrected chi connectivity index (χ3v) is 3.50. The first kappa shape index (κ1) is 13.4. The van der Waals surface area contributed by atoms with Crippen LogP contribution in [0.15, 0.2) is 36.0 Å². The maximum atomic E-state index is 12.0. The van der Waals surface area contributed by atoms with Crippen LogP contribution in [-0.4, -0.2) is 29.6 Å². The lowest BCUT2D eigenvalue weighted by Crippen LogP contribution is -2.33. The number of carbonyl (C=O) groups excluding carboxylic acids is 2. The van der Waals surface area contributed by atoms with Gasteiger partial charge < -0.3 is 14.6 Å². The van der Waals surface area contributed by atoms with Crippen molar-refractivity contribution in [2.24, 2.45) is 0 Å². The molecule has 0 fully saturated rings. The molecule has 0 saturated heterocycles. The van der Waals surface area contributed by atoms with Crippen molar-refractivity contribution in [1.82, 2.24) is 9.88 Å². The number of nitrogens with one attached hydrogen (secondary N) is 1. The molecule has 6 heteroatoms. The van der Waals surface area contributed by atoms with E-state index >= 15 is 0 Å². The van der Waals surface area contributed by atoms with Crippen molar-refractivity contribution in [2.75, 3.05) is 7.05 Å². The van der Waals surface area contributed by atoms with Gasteiger partial charge in [-0.3, -0.25) is 4.79 Å². The fourth-order valence-corrected chi connectivity index (χ4v) is 2.40. The van der Waals surface area contributed by atoms with Crippen LogP contribution in [0.4, 0.5) is 0 Å². The zero-order valence-corrected chi connectivity index (χ0v) is 11.4. The van der Waals surface area contributed by atoms with Crippen LogP contribution < -0.4 is 5.32 Å². The van der Waals surface area contributed by atoms with Gasteiger partial charge in [0.1, 0.15) is 4.88 Å². The number of likely N-dealkylation sites (N-methyl/N-ethyl adjacent to an activating group) is 1. The van der Waals surface area contributed by atoms with Crippen molar-refractivity contribution in [2.45, 2.75) is 13.0 Å². The molecular formula is C13H14N2O3S. The molecule has 0 aliphatic carbocycles. The van der Waals surface area contributed by atoms with Gasteiger partial charge in [0.25, 0.3) is 5.91 Å². The fraction of sp³-hybridized carbons (Fsp3) is 0.231. The molecular weight excluding hydrogens is 264 g/mol. The summed E-state index contributed by atoms with van der Waals surface area (Å²) < 4.78 is 6.96. The van der Waals surface area contributed by atoms with E-state index in [1.54, 1.807) is 6.92 Å². The van der Waals surface area contributed by atoms with E-state index < -0.39 is 12.1 Å². The number of hydrogen-bond donors (Lipinski definition) is 1. The molecule has 100 valence electrons. The average molecular weight is 278 g/mol. The predicted octanol–water partition coefficient (Wildman–Crippen LogP) is 1.83. The number of hydrogen-bond acceptors (Lipinski definition) is 4. The minimum atomic E-state index is -0.808. The summed E-state index contributed by atoms with van der Waals surface area (Å²) in [6.45, 7) is 1.54. The Bertz CT molecular complexity index is 574. The second kappa shape index (κ2) is 5.71. The Balaban J connectivity index is 2.17. The second-order valence-electron chi connectivity index (χ2n) is 3.89. The molecule has 0 radical (unpaired) electrons. The van der Waals surface area contributed by atoms with E-state index in [4.69, 9.17) is 4.74 Å². The molecule has 5 nitrogen and oxygen atoms in total.